The summed E-state index contributed by atoms with van der Waals surface area (Å²) in [5.41, 5.74) is 8.06. The van der Waals surface area contributed by atoms with Gasteiger partial charge in [-0.05, 0) is 32.6 Å². The Kier molecular flexibility index (Phi) is 5.06. The molecule has 0 saturated heterocycles. The van der Waals surface area contributed by atoms with E-state index >= 15 is 0 Å². The van der Waals surface area contributed by atoms with Gasteiger partial charge in [0.05, 0.1) is 6.04 Å². The summed E-state index contributed by atoms with van der Waals surface area (Å²) in [6.07, 6.45) is 0. The highest BCUT2D eigenvalue weighted by Gasteiger charge is 2.14. The average molecular weight is 304 g/mol. The Morgan fingerprint density at radius 3 is 2.76 bits per heavy atom. The van der Waals surface area contributed by atoms with Crippen molar-refractivity contribution in [3.05, 3.63) is 45.9 Å². The Morgan fingerprint density at radius 1 is 1.43 bits per heavy atom. The van der Waals surface area contributed by atoms with Gasteiger partial charge in [-0.25, -0.2) is 4.98 Å². The van der Waals surface area contributed by atoms with E-state index in [2.05, 4.69) is 15.2 Å². The fourth-order valence-electron chi connectivity index (χ4n) is 1.91. The third kappa shape index (κ3) is 4.10. The summed E-state index contributed by atoms with van der Waals surface area (Å²) < 4.78 is 0. The van der Waals surface area contributed by atoms with Gasteiger partial charge in [0.1, 0.15) is 10.7 Å². The summed E-state index contributed by atoms with van der Waals surface area (Å²) in [6.45, 7) is 2.62. The fourth-order valence-corrected chi connectivity index (χ4v) is 2.67. The van der Waals surface area contributed by atoms with Crippen molar-refractivity contribution in [1.82, 2.24) is 9.88 Å². The number of amides is 1. The van der Waals surface area contributed by atoms with Crippen LogP contribution in [0.3, 0.4) is 0 Å². The van der Waals surface area contributed by atoms with Gasteiger partial charge in [-0.2, -0.15) is 0 Å². The first-order valence-electron chi connectivity index (χ1n) is 6.72. The van der Waals surface area contributed by atoms with E-state index < -0.39 is 0 Å². The molecule has 1 atom stereocenters. The number of anilines is 1. The summed E-state index contributed by atoms with van der Waals surface area (Å²) in [5.74, 6) is -0.204. The van der Waals surface area contributed by atoms with Crippen LogP contribution in [0.2, 0.25) is 0 Å². The van der Waals surface area contributed by atoms with Gasteiger partial charge < -0.3 is 16.0 Å². The van der Waals surface area contributed by atoms with Crippen LogP contribution in [0.15, 0.2) is 29.6 Å². The molecule has 0 bridgehead atoms. The smallest absolute Gasteiger partial charge is 0.275 e. The Bertz CT molecular complexity index is 622. The van der Waals surface area contributed by atoms with Gasteiger partial charge in [-0.1, -0.05) is 18.2 Å². The van der Waals surface area contributed by atoms with E-state index in [4.69, 9.17) is 5.73 Å². The van der Waals surface area contributed by atoms with Gasteiger partial charge in [0.15, 0.2) is 0 Å². The predicted molar refractivity (Wildman–Crippen MR) is 86.5 cm³/mol. The van der Waals surface area contributed by atoms with E-state index in [1.54, 1.807) is 5.38 Å². The molecule has 6 heteroatoms. The SMILES string of the molecule is CC(N)c1nc(C(=O)Nc2ccccc2CN(C)C)cs1. The van der Waals surface area contributed by atoms with E-state index in [0.29, 0.717) is 5.69 Å². The molecule has 0 aliphatic heterocycles. The third-order valence-electron chi connectivity index (χ3n) is 2.90. The minimum atomic E-state index is -0.204. The van der Waals surface area contributed by atoms with E-state index in [9.17, 15) is 4.79 Å². The molecule has 1 aromatic carbocycles. The van der Waals surface area contributed by atoms with E-state index in [0.717, 1.165) is 22.8 Å². The molecule has 5 nitrogen and oxygen atoms in total. The summed E-state index contributed by atoms with van der Waals surface area (Å²) >= 11 is 1.41. The molecule has 1 amide bonds. The maximum absolute atomic E-state index is 12.3. The van der Waals surface area contributed by atoms with Crippen molar-refractivity contribution in [2.75, 3.05) is 19.4 Å². The lowest BCUT2D eigenvalue weighted by Crippen LogP contribution is -2.17. The van der Waals surface area contributed by atoms with Crippen LogP contribution in [-0.4, -0.2) is 29.9 Å². The number of benzene rings is 1. The van der Waals surface area contributed by atoms with Crippen LogP contribution < -0.4 is 11.1 Å². The zero-order valence-corrected chi connectivity index (χ0v) is 13.3. The number of nitrogens with two attached hydrogens (primary N) is 1. The van der Waals surface area contributed by atoms with Crippen molar-refractivity contribution in [3.63, 3.8) is 0 Å². The highest BCUT2D eigenvalue weighted by molar-refractivity contribution is 7.09. The van der Waals surface area contributed by atoms with Crippen molar-refractivity contribution in [3.8, 4) is 0 Å². The number of nitrogens with one attached hydrogen (secondary N) is 1. The highest BCUT2D eigenvalue weighted by atomic mass is 32.1. The average Bonchev–Trinajstić information content (AvgIpc) is 2.90. The summed E-state index contributed by atoms with van der Waals surface area (Å²) in [7, 11) is 3.99. The van der Waals surface area contributed by atoms with E-state index in [1.165, 1.54) is 11.3 Å². The van der Waals surface area contributed by atoms with Crippen LogP contribution in [0.25, 0.3) is 0 Å². The van der Waals surface area contributed by atoms with Crippen LogP contribution >= 0.6 is 11.3 Å². The topological polar surface area (TPSA) is 71.2 Å². The second-order valence-corrected chi connectivity index (χ2v) is 6.10. The summed E-state index contributed by atoms with van der Waals surface area (Å²) in [4.78, 5) is 18.6. The molecule has 0 spiro atoms. The second-order valence-electron chi connectivity index (χ2n) is 5.21. The molecule has 21 heavy (non-hydrogen) atoms. The first-order chi connectivity index (χ1) is 9.97. The Morgan fingerprint density at radius 2 is 2.14 bits per heavy atom. The minimum absolute atomic E-state index is 0.155. The zero-order valence-electron chi connectivity index (χ0n) is 12.5. The molecule has 2 aromatic rings. The number of rotatable bonds is 5. The van der Waals surface area contributed by atoms with Crippen molar-refractivity contribution >= 4 is 22.9 Å². The van der Waals surface area contributed by atoms with Gasteiger partial charge in [0.2, 0.25) is 0 Å². The van der Waals surface area contributed by atoms with Crippen LogP contribution in [0.1, 0.15) is 34.0 Å². The number of carbonyl (C=O) groups excluding carboxylic acids is 1. The molecule has 0 aliphatic carbocycles. The molecule has 0 radical (unpaired) electrons. The number of para-hydroxylation sites is 1. The minimum Gasteiger partial charge on any atom is -0.322 e. The molecule has 3 N–H and O–H groups in total. The standard InChI is InChI=1S/C15H20N4OS/c1-10(16)15-18-13(9-21-15)14(20)17-12-7-5-4-6-11(12)8-19(2)3/h4-7,9-10H,8,16H2,1-3H3,(H,17,20). The molecule has 0 fully saturated rings. The van der Waals surface area contributed by atoms with Gasteiger partial charge in [0.25, 0.3) is 5.91 Å². The largest absolute Gasteiger partial charge is 0.322 e. The number of hydrogen-bond donors (Lipinski definition) is 2. The number of nitrogens with zero attached hydrogens (tertiary/aromatic N) is 2. The van der Waals surface area contributed by atoms with Crippen LogP contribution in [0, 0.1) is 0 Å². The summed E-state index contributed by atoms with van der Waals surface area (Å²) in [6, 6.07) is 7.62. The van der Waals surface area contributed by atoms with Crippen molar-refractivity contribution in [2.45, 2.75) is 19.5 Å². The van der Waals surface area contributed by atoms with Crippen molar-refractivity contribution < 1.29 is 4.79 Å². The maximum Gasteiger partial charge on any atom is 0.275 e. The lowest BCUT2D eigenvalue weighted by Gasteiger charge is -2.14. The van der Waals surface area contributed by atoms with Crippen LogP contribution in [0.5, 0.6) is 0 Å². The molecule has 112 valence electrons. The molecule has 0 aliphatic rings. The molecule has 2 rings (SSSR count). The van der Waals surface area contributed by atoms with Crippen LogP contribution in [0.4, 0.5) is 5.69 Å². The molecule has 1 heterocycles. The third-order valence-corrected chi connectivity index (χ3v) is 3.94. The highest BCUT2D eigenvalue weighted by Crippen LogP contribution is 2.19. The van der Waals surface area contributed by atoms with Crippen LogP contribution in [-0.2, 0) is 6.54 Å². The van der Waals surface area contributed by atoms with Gasteiger partial charge >= 0.3 is 0 Å². The second kappa shape index (κ2) is 6.80. The van der Waals surface area contributed by atoms with Crippen molar-refractivity contribution in [1.29, 1.82) is 0 Å². The lowest BCUT2D eigenvalue weighted by molar-refractivity contribution is 0.102. The van der Waals surface area contributed by atoms with Gasteiger partial charge in [0, 0.05) is 17.6 Å². The van der Waals surface area contributed by atoms with Gasteiger partial charge in [-0.15, -0.1) is 11.3 Å². The summed E-state index contributed by atoms with van der Waals surface area (Å²) in [5, 5.41) is 5.43. The molecule has 0 saturated carbocycles. The number of carbonyl (C=O) groups is 1. The quantitative estimate of drug-likeness (QED) is 0.890. The van der Waals surface area contributed by atoms with Crippen molar-refractivity contribution in [2.24, 2.45) is 5.73 Å². The fraction of sp³-hybridized carbons (Fsp3) is 0.333. The Hall–Kier alpha value is -1.76. The Balaban J connectivity index is 2.15. The lowest BCUT2D eigenvalue weighted by atomic mass is 10.1. The molecular weight excluding hydrogens is 284 g/mol. The molecular formula is C15H20N4OS. The molecule has 1 aromatic heterocycles. The van der Waals surface area contributed by atoms with Gasteiger partial charge in [-0.3, -0.25) is 4.79 Å². The van der Waals surface area contributed by atoms with E-state index in [-0.39, 0.29) is 11.9 Å². The number of thiazole rings is 1. The Labute approximate surface area is 128 Å². The molecule has 1 unspecified atom stereocenters. The maximum atomic E-state index is 12.3. The van der Waals surface area contributed by atoms with E-state index in [1.807, 2.05) is 45.3 Å². The predicted octanol–water partition coefficient (Wildman–Crippen LogP) is 2.48. The monoisotopic (exact) mass is 304 g/mol. The number of hydrogen-bond acceptors (Lipinski definition) is 5. The normalized spacial score (nSPS) is 12.4. The first kappa shape index (κ1) is 15.6. The first-order valence-corrected chi connectivity index (χ1v) is 7.60. The number of aromatic nitrogens is 1. The zero-order chi connectivity index (χ0) is 15.4.